The van der Waals surface area contributed by atoms with E-state index in [-0.39, 0.29) is 18.0 Å². The number of amides is 1. The highest BCUT2D eigenvalue weighted by molar-refractivity contribution is 5.97. The van der Waals surface area contributed by atoms with Gasteiger partial charge in [0.05, 0.1) is 17.1 Å². The monoisotopic (exact) mass is 484 g/mol. The molecular weight excluding hydrogens is 448 g/mol. The van der Waals surface area contributed by atoms with Crippen molar-refractivity contribution in [2.24, 2.45) is 17.8 Å². The van der Waals surface area contributed by atoms with E-state index < -0.39 is 0 Å². The molecule has 2 unspecified atom stereocenters. The number of nitrogens with one attached hydrogen (secondary N) is 3. The lowest BCUT2D eigenvalue weighted by atomic mass is 9.85. The zero-order valence-corrected chi connectivity index (χ0v) is 21.8. The number of hydrogen-bond donors (Lipinski definition) is 3. The molecule has 1 aromatic carbocycles. The molecule has 2 fully saturated rings. The zero-order chi connectivity index (χ0) is 25.1. The molecule has 0 radical (unpaired) electrons. The Kier molecular flexibility index (Phi) is 5.54. The molecule has 36 heavy (non-hydrogen) atoms. The third-order valence-corrected chi connectivity index (χ3v) is 8.03. The summed E-state index contributed by atoms with van der Waals surface area (Å²) in [6.07, 6.45) is 5.41. The van der Waals surface area contributed by atoms with Crippen molar-refractivity contribution in [3.63, 3.8) is 0 Å². The second kappa shape index (κ2) is 8.64. The number of anilines is 1. The smallest absolute Gasteiger partial charge is 0.247 e. The number of H-pyrrole nitrogens is 1. The Bertz CT molecular complexity index is 1320. The summed E-state index contributed by atoms with van der Waals surface area (Å²) < 4.78 is 2.05. The number of hydrogen-bond acceptors (Lipinski definition) is 4. The molecule has 2 saturated carbocycles. The van der Waals surface area contributed by atoms with Gasteiger partial charge in [0.15, 0.2) is 0 Å². The number of benzene rings is 1. The molecule has 3 aliphatic rings. The standard InChI is InChI=1S/C29H36N6O/c1-15(2)26-24(17(5)33-34-26)18-8-10-20(11-9-18)31-29(36)28-25(19-6-7-19)21-14-22(21)27(32-28)23-12-13-30-35(23)16(3)4/h8-13,15-16,19,21,25,28,32H,6-7,14H2,1-5H3,(H,31,36)(H,33,34)/t21?,25?,28-/m0/s1. The maximum Gasteiger partial charge on any atom is 0.247 e. The van der Waals surface area contributed by atoms with Crippen molar-refractivity contribution in [3.05, 3.63) is 59.2 Å². The highest BCUT2D eigenvalue weighted by Crippen LogP contribution is 2.58. The van der Waals surface area contributed by atoms with Gasteiger partial charge in [0, 0.05) is 29.2 Å². The van der Waals surface area contributed by atoms with Crippen molar-refractivity contribution in [1.29, 1.82) is 0 Å². The number of allylic oxidation sites excluding steroid dienone is 1. The SMILES string of the molecule is Cc1[nH]nc(C(C)C)c1-c1ccc(NC(=O)[C@H]2NC(c3ccnn3C(C)C)=C3CC3C2C2CC2)cc1. The van der Waals surface area contributed by atoms with Gasteiger partial charge in [-0.15, -0.1) is 0 Å². The molecule has 2 aromatic heterocycles. The van der Waals surface area contributed by atoms with Crippen LogP contribution in [0, 0.1) is 24.7 Å². The first-order valence-corrected chi connectivity index (χ1v) is 13.3. The number of rotatable bonds is 7. The summed E-state index contributed by atoms with van der Waals surface area (Å²) in [5, 5.41) is 19.1. The number of fused-ring (bicyclic) bond motifs is 1. The lowest BCUT2D eigenvalue weighted by Gasteiger charge is -2.32. The van der Waals surface area contributed by atoms with E-state index in [1.807, 2.05) is 18.3 Å². The van der Waals surface area contributed by atoms with E-state index in [9.17, 15) is 4.79 Å². The first-order chi connectivity index (χ1) is 17.3. The number of nitrogens with zero attached hydrogens (tertiary/aromatic N) is 3. The summed E-state index contributed by atoms with van der Waals surface area (Å²) in [7, 11) is 0. The van der Waals surface area contributed by atoms with E-state index in [0.29, 0.717) is 23.7 Å². The van der Waals surface area contributed by atoms with Crippen molar-refractivity contribution in [1.82, 2.24) is 25.3 Å². The fourth-order valence-corrected chi connectivity index (χ4v) is 6.07. The number of aromatic nitrogens is 4. The quantitative estimate of drug-likeness (QED) is 0.404. The van der Waals surface area contributed by atoms with Crippen LogP contribution in [0.4, 0.5) is 5.69 Å². The largest absolute Gasteiger partial charge is 0.372 e. The number of carbonyl (C=O) groups excluding carboxylic acids is 1. The van der Waals surface area contributed by atoms with E-state index in [1.54, 1.807) is 0 Å². The number of aromatic amines is 1. The Labute approximate surface area is 212 Å². The molecule has 0 saturated heterocycles. The maximum atomic E-state index is 13.7. The molecule has 1 amide bonds. The van der Waals surface area contributed by atoms with Crippen LogP contribution < -0.4 is 10.6 Å². The summed E-state index contributed by atoms with van der Waals surface area (Å²) in [4.78, 5) is 13.7. The van der Waals surface area contributed by atoms with Crippen molar-refractivity contribution < 1.29 is 4.79 Å². The Morgan fingerprint density at radius 3 is 2.53 bits per heavy atom. The third kappa shape index (κ3) is 3.94. The van der Waals surface area contributed by atoms with E-state index >= 15 is 0 Å². The van der Waals surface area contributed by atoms with Gasteiger partial charge in [-0.3, -0.25) is 14.6 Å². The van der Waals surface area contributed by atoms with Gasteiger partial charge in [0.2, 0.25) is 5.91 Å². The molecular formula is C29H36N6O. The van der Waals surface area contributed by atoms with Gasteiger partial charge < -0.3 is 10.6 Å². The molecule has 3 aromatic rings. The van der Waals surface area contributed by atoms with Crippen LogP contribution in [0.5, 0.6) is 0 Å². The normalized spacial score (nSPS) is 23.1. The molecule has 3 N–H and O–H groups in total. The van der Waals surface area contributed by atoms with Crippen molar-refractivity contribution in [2.75, 3.05) is 5.32 Å². The molecule has 3 heterocycles. The lowest BCUT2D eigenvalue weighted by molar-refractivity contribution is -0.119. The van der Waals surface area contributed by atoms with Gasteiger partial charge in [0.1, 0.15) is 6.04 Å². The van der Waals surface area contributed by atoms with Crippen molar-refractivity contribution >= 4 is 17.3 Å². The summed E-state index contributed by atoms with van der Waals surface area (Å²) in [5.41, 5.74) is 8.92. The average Bonchev–Trinajstić information content (AvgIpc) is 3.76. The summed E-state index contributed by atoms with van der Waals surface area (Å²) in [6, 6.07) is 10.3. The van der Waals surface area contributed by atoms with Crippen LogP contribution in [0.15, 0.2) is 42.1 Å². The minimum absolute atomic E-state index is 0.0565. The number of carbonyl (C=O) groups is 1. The zero-order valence-electron chi connectivity index (χ0n) is 21.8. The van der Waals surface area contributed by atoms with Crippen LogP contribution in [0.25, 0.3) is 16.8 Å². The topological polar surface area (TPSA) is 87.6 Å². The van der Waals surface area contributed by atoms with Crippen LogP contribution in [0.2, 0.25) is 0 Å². The Balaban J connectivity index is 1.24. The minimum atomic E-state index is -0.234. The van der Waals surface area contributed by atoms with Crippen molar-refractivity contribution in [2.45, 2.75) is 71.9 Å². The second-order valence-electron chi connectivity index (χ2n) is 11.3. The first-order valence-electron chi connectivity index (χ1n) is 13.3. The summed E-state index contributed by atoms with van der Waals surface area (Å²) in [5.74, 6) is 1.93. The van der Waals surface area contributed by atoms with Crippen molar-refractivity contribution in [3.8, 4) is 11.1 Å². The molecule has 2 aliphatic carbocycles. The summed E-state index contributed by atoms with van der Waals surface area (Å²) in [6.45, 7) is 10.7. The van der Waals surface area contributed by atoms with Gasteiger partial charge >= 0.3 is 0 Å². The van der Waals surface area contributed by atoms with Crippen LogP contribution in [0.1, 0.15) is 76.0 Å². The number of aryl methyl sites for hydroxylation is 1. The fourth-order valence-electron chi connectivity index (χ4n) is 6.07. The molecule has 7 heteroatoms. The fraction of sp³-hybridized carbons (Fsp3) is 0.483. The summed E-state index contributed by atoms with van der Waals surface area (Å²) >= 11 is 0. The highest BCUT2D eigenvalue weighted by Gasteiger charge is 2.55. The van der Waals surface area contributed by atoms with Gasteiger partial charge in [-0.1, -0.05) is 26.0 Å². The lowest BCUT2D eigenvalue weighted by Crippen LogP contribution is -2.48. The van der Waals surface area contributed by atoms with Crippen LogP contribution in [-0.4, -0.2) is 31.9 Å². The van der Waals surface area contributed by atoms with Crippen LogP contribution in [-0.2, 0) is 4.79 Å². The molecule has 1 aliphatic heterocycles. The highest BCUT2D eigenvalue weighted by atomic mass is 16.2. The molecule has 0 spiro atoms. The maximum absolute atomic E-state index is 13.7. The first kappa shape index (κ1) is 23.1. The Hall–Kier alpha value is -3.35. The van der Waals surface area contributed by atoms with Gasteiger partial charge in [-0.25, -0.2) is 0 Å². The van der Waals surface area contributed by atoms with E-state index in [0.717, 1.165) is 46.0 Å². The van der Waals surface area contributed by atoms with E-state index in [1.165, 1.54) is 18.4 Å². The predicted octanol–water partition coefficient (Wildman–Crippen LogP) is 5.65. The third-order valence-electron chi connectivity index (χ3n) is 8.03. The average molecular weight is 485 g/mol. The Morgan fingerprint density at radius 2 is 1.86 bits per heavy atom. The van der Waals surface area contributed by atoms with Crippen LogP contribution >= 0.6 is 0 Å². The minimum Gasteiger partial charge on any atom is -0.372 e. The Morgan fingerprint density at radius 1 is 1.11 bits per heavy atom. The second-order valence-corrected chi connectivity index (χ2v) is 11.3. The van der Waals surface area contributed by atoms with Gasteiger partial charge in [-0.2, -0.15) is 10.2 Å². The van der Waals surface area contributed by atoms with Gasteiger partial charge in [0.25, 0.3) is 0 Å². The van der Waals surface area contributed by atoms with E-state index in [4.69, 9.17) is 0 Å². The van der Waals surface area contributed by atoms with E-state index in [2.05, 4.69) is 83.4 Å². The molecule has 0 bridgehead atoms. The predicted molar refractivity (Wildman–Crippen MR) is 142 cm³/mol. The molecule has 6 rings (SSSR count). The van der Waals surface area contributed by atoms with Gasteiger partial charge in [-0.05, 0) is 93.0 Å². The molecule has 7 nitrogen and oxygen atoms in total. The van der Waals surface area contributed by atoms with Crippen LogP contribution in [0.3, 0.4) is 0 Å². The molecule has 188 valence electrons. The molecule has 3 atom stereocenters.